The highest BCUT2D eigenvalue weighted by Gasteiger charge is 2.37. The lowest BCUT2D eigenvalue weighted by atomic mass is 10.1. The molecule has 1 heterocycles. The first-order valence-corrected chi connectivity index (χ1v) is 8.52. The molecule has 0 saturated carbocycles. The minimum absolute atomic E-state index is 0.120. The number of carbonyl (C=O) groups excluding carboxylic acids is 3. The molecule has 2 aromatic carbocycles. The Morgan fingerprint density at radius 1 is 1.12 bits per heavy atom. The van der Waals surface area contributed by atoms with Gasteiger partial charge >= 0.3 is 6.03 Å². The molecule has 132 valence electrons. The Bertz CT molecular complexity index is 952. The first kappa shape index (κ1) is 17.9. The van der Waals surface area contributed by atoms with Crippen molar-refractivity contribution in [3.8, 4) is 5.75 Å². The van der Waals surface area contributed by atoms with E-state index < -0.39 is 17.8 Å². The van der Waals surface area contributed by atoms with E-state index in [2.05, 4.69) is 21.2 Å². The maximum Gasteiger partial charge on any atom is 0.335 e. The molecule has 0 aliphatic carbocycles. The van der Waals surface area contributed by atoms with Crippen molar-refractivity contribution in [2.45, 2.75) is 6.92 Å². The first-order chi connectivity index (χ1) is 12.4. The molecule has 0 aromatic heterocycles. The Morgan fingerprint density at radius 3 is 2.50 bits per heavy atom. The Balaban J connectivity index is 2.03. The van der Waals surface area contributed by atoms with Gasteiger partial charge in [-0.2, -0.15) is 0 Å². The van der Waals surface area contributed by atoms with E-state index in [0.29, 0.717) is 21.5 Å². The molecule has 1 aliphatic heterocycles. The molecule has 1 saturated heterocycles. The van der Waals surface area contributed by atoms with Gasteiger partial charge < -0.3 is 4.74 Å². The number of amides is 4. The summed E-state index contributed by atoms with van der Waals surface area (Å²) in [5.74, 6) is -0.764. The number of carbonyl (C=O) groups is 3. The predicted octanol–water partition coefficient (Wildman–Crippen LogP) is 3.43. The highest BCUT2D eigenvalue weighted by Crippen LogP contribution is 2.28. The Kier molecular flexibility index (Phi) is 4.90. The third-order valence-electron chi connectivity index (χ3n) is 3.94. The highest BCUT2D eigenvalue weighted by atomic mass is 79.9. The van der Waals surface area contributed by atoms with Gasteiger partial charge in [0.1, 0.15) is 11.3 Å². The van der Waals surface area contributed by atoms with Crippen molar-refractivity contribution in [2.24, 2.45) is 0 Å². The molecule has 6 nitrogen and oxygen atoms in total. The zero-order valence-corrected chi connectivity index (χ0v) is 15.7. The number of hydrogen-bond acceptors (Lipinski definition) is 4. The van der Waals surface area contributed by atoms with E-state index in [-0.39, 0.29) is 5.57 Å². The average Bonchev–Trinajstić information content (AvgIpc) is 2.60. The van der Waals surface area contributed by atoms with Gasteiger partial charge in [0.15, 0.2) is 0 Å². The van der Waals surface area contributed by atoms with Gasteiger partial charge in [0.2, 0.25) is 0 Å². The number of nitrogens with one attached hydrogen (secondary N) is 1. The van der Waals surface area contributed by atoms with Crippen LogP contribution in [0.15, 0.2) is 52.5 Å². The van der Waals surface area contributed by atoms with Crippen LogP contribution in [-0.2, 0) is 9.59 Å². The van der Waals surface area contributed by atoms with E-state index in [1.54, 1.807) is 50.4 Å². The summed E-state index contributed by atoms with van der Waals surface area (Å²) in [6.07, 6.45) is 1.44. The van der Waals surface area contributed by atoms with Gasteiger partial charge in [-0.05, 0) is 58.3 Å². The highest BCUT2D eigenvalue weighted by molar-refractivity contribution is 9.10. The Hall–Kier alpha value is -2.93. The van der Waals surface area contributed by atoms with Gasteiger partial charge in [-0.3, -0.25) is 14.9 Å². The smallest absolute Gasteiger partial charge is 0.335 e. The second kappa shape index (κ2) is 7.13. The standard InChI is InChI=1S/C19H15BrN2O4/c1-11-5-3-4-6-15(11)22-18(24)13(17(23)21-19(22)25)9-12-7-8-16(26-2)14(20)10-12/h3-10H,1-2H3,(H,21,23,25). The lowest BCUT2D eigenvalue weighted by Crippen LogP contribution is -2.54. The molecule has 3 rings (SSSR count). The zero-order chi connectivity index (χ0) is 18.8. The molecule has 1 N–H and O–H groups in total. The number of barbiturate groups is 1. The van der Waals surface area contributed by atoms with Gasteiger partial charge in [0, 0.05) is 0 Å². The van der Waals surface area contributed by atoms with Crippen molar-refractivity contribution < 1.29 is 19.1 Å². The summed E-state index contributed by atoms with van der Waals surface area (Å²) in [6, 6.07) is 11.4. The summed E-state index contributed by atoms with van der Waals surface area (Å²) in [4.78, 5) is 38.3. The number of anilines is 1. The number of urea groups is 1. The maximum atomic E-state index is 12.9. The third kappa shape index (κ3) is 3.25. The van der Waals surface area contributed by atoms with Crippen molar-refractivity contribution in [3.63, 3.8) is 0 Å². The SMILES string of the molecule is COc1ccc(C=C2C(=O)NC(=O)N(c3ccccc3C)C2=O)cc1Br. The van der Waals surface area contributed by atoms with Crippen LogP contribution in [0.25, 0.3) is 6.08 Å². The number of para-hydroxylation sites is 1. The summed E-state index contributed by atoms with van der Waals surface area (Å²) in [6.45, 7) is 1.79. The molecule has 2 aromatic rings. The normalized spacial score (nSPS) is 16.0. The average molecular weight is 415 g/mol. The molecular weight excluding hydrogens is 400 g/mol. The Labute approximate surface area is 158 Å². The van der Waals surface area contributed by atoms with Crippen LogP contribution < -0.4 is 15.0 Å². The molecule has 0 unspecified atom stereocenters. The van der Waals surface area contributed by atoms with Gasteiger partial charge in [-0.15, -0.1) is 0 Å². The lowest BCUT2D eigenvalue weighted by Gasteiger charge is -2.27. The van der Waals surface area contributed by atoms with Crippen molar-refractivity contribution >= 4 is 45.5 Å². The second-order valence-corrected chi connectivity index (χ2v) is 6.49. The molecule has 0 radical (unpaired) electrons. The maximum absolute atomic E-state index is 12.9. The first-order valence-electron chi connectivity index (χ1n) is 7.73. The summed E-state index contributed by atoms with van der Waals surface area (Å²) in [5.41, 5.74) is 1.68. The molecule has 0 spiro atoms. The number of hydrogen-bond donors (Lipinski definition) is 1. The molecule has 0 bridgehead atoms. The van der Waals surface area contributed by atoms with Crippen LogP contribution in [-0.4, -0.2) is 25.0 Å². The summed E-state index contributed by atoms with van der Waals surface area (Å²) >= 11 is 3.37. The zero-order valence-electron chi connectivity index (χ0n) is 14.1. The van der Waals surface area contributed by atoms with E-state index in [1.807, 2.05) is 6.07 Å². The lowest BCUT2D eigenvalue weighted by molar-refractivity contribution is -0.122. The van der Waals surface area contributed by atoms with Crippen LogP contribution in [0.4, 0.5) is 10.5 Å². The van der Waals surface area contributed by atoms with E-state index in [4.69, 9.17) is 4.74 Å². The third-order valence-corrected chi connectivity index (χ3v) is 4.56. The summed E-state index contributed by atoms with van der Waals surface area (Å²) in [5, 5.41) is 2.22. The number of benzene rings is 2. The summed E-state index contributed by atoms with van der Waals surface area (Å²) in [7, 11) is 1.54. The van der Waals surface area contributed by atoms with Crippen molar-refractivity contribution in [1.82, 2.24) is 5.32 Å². The molecule has 0 atom stereocenters. The monoisotopic (exact) mass is 414 g/mol. The van der Waals surface area contributed by atoms with E-state index in [9.17, 15) is 14.4 Å². The topological polar surface area (TPSA) is 75.7 Å². The number of aryl methyl sites for hydroxylation is 1. The molecule has 1 fully saturated rings. The van der Waals surface area contributed by atoms with E-state index in [1.165, 1.54) is 6.08 Å². The number of rotatable bonds is 3. The number of imide groups is 2. The number of nitrogens with zero attached hydrogens (tertiary/aromatic N) is 1. The van der Waals surface area contributed by atoms with Crippen molar-refractivity contribution in [1.29, 1.82) is 0 Å². The number of halogens is 1. The van der Waals surface area contributed by atoms with Crippen LogP contribution in [0, 0.1) is 6.92 Å². The molecule has 4 amide bonds. The van der Waals surface area contributed by atoms with Crippen LogP contribution in [0.1, 0.15) is 11.1 Å². The minimum Gasteiger partial charge on any atom is -0.496 e. The molecule has 1 aliphatic rings. The summed E-state index contributed by atoms with van der Waals surface area (Å²) < 4.78 is 5.85. The largest absolute Gasteiger partial charge is 0.496 e. The van der Waals surface area contributed by atoms with Crippen LogP contribution in [0.3, 0.4) is 0 Å². The number of methoxy groups -OCH3 is 1. The van der Waals surface area contributed by atoms with Crippen molar-refractivity contribution in [3.05, 3.63) is 63.6 Å². The van der Waals surface area contributed by atoms with Crippen LogP contribution in [0.5, 0.6) is 5.75 Å². The van der Waals surface area contributed by atoms with Gasteiger partial charge in [0.25, 0.3) is 11.8 Å². The fraction of sp³-hybridized carbons (Fsp3) is 0.105. The van der Waals surface area contributed by atoms with Gasteiger partial charge in [-0.1, -0.05) is 24.3 Å². The molecular formula is C19H15BrN2O4. The molecule has 7 heteroatoms. The Morgan fingerprint density at radius 2 is 1.85 bits per heavy atom. The predicted molar refractivity (Wildman–Crippen MR) is 101 cm³/mol. The minimum atomic E-state index is -0.762. The van der Waals surface area contributed by atoms with E-state index in [0.717, 1.165) is 10.5 Å². The van der Waals surface area contributed by atoms with Crippen molar-refractivity contribution in [2.75, 3.05) is 12.0 Å². The fourth-order valence-corrected chi connectivity index (χ4v) is 3.19. The van der Waals surface area contributed by atoms with Crippen LogP contribution >= 0.6 is 15.9 Å². The molecule has 26 heavy (non-hydrogen) atoms. The van der Waals surface area contributed by atoms with Gasteiger partial charge in [0.05, 0.1) is 17.3 Å². The van der Waals surface area contributed by atoms with Crippen LogP contribution in [0.2, 0.25) is 0 Å². The number of ether oxygens (including phenoxy) is 1. The second-order valence-electron chi connectivity index (χ2n) is 5.64. The fourth-order valence-electron chi connectivity index (χ4n) is 2.63. The van der Waals surface area contributed by atoms with Gasteiger partial charge in [-0.25, -0.2) is 9.69 Å². The quantitative estimate of drug-likeness (QED) is 0.616. The van der Waals surface area contributed by atoms with E-state index >= 15 is 0 Å².